The topological polar surface area (TPSA) is 78.4 Å². The SMILES string of the molecule is O=C(NCc1ccncc1)C(=O)N1CCN(c2ccccn2)CC1. The van der Waals surface area contributed by atoms with Gasteiger partial charge in [-0.25, -0.2) is 4.98 Å². The van der Waals surface area contributed by atoms with Crippen molar-refractivity contribution in [2.24, 2.45) is 0 Å². The Morgan fingerprint density at radius 3 is 2.42 bits per heavy atom. The summed E-state index contributed by atoms with van der Waals surface area (Å²) in [5, 5.41) is 2.66. The number of aromatic nitrogens is 2. The number of carbonyl (C=O) groups is 2. The van der Waals surface area contributed by atoms with Crippen molar-refractivity contribution >= 4 is 17.6 Å². The van der Waals surface area contributed by atoms with Gasteiger partial charge < -0.3 is 15.1 Å². The van der Waals surface area contributed by atoms with E-state index in [0.29, 0.717) is 32.7 Å². The van der Waals surface area contributed by atoms with Crippen LogP contribution in [0.3, 0.4) is 0 Å². The van der Waals surface area contributed by atoms with Crippen LogP contribution in [0.25, 0.3) is 0 Å². The number of nitrogens with one attached hydrogen (secondary N) is 1. The summed E-state index contributed by atoms with van der Waals surface area (Å²) in [6.07, 6.45) is 5.06. The van der Waals surface area contributed by atoms with Gasteiger partial charge in [-0.2, -0.15) is 0 Å². The van der Waals surface area contributed by atoms with Crippen molar-refractivity contribution in [3.63, 3.8) is 0 Å². The van der Waals surface area contributed by atoms with E-state index in [-0.39, 0.29) is 0 Å². The van der Waals surface area contributed by atoms with Crippen molar-refractivity contribution in [2.75, 3.05) is 31.1 Å². The maximum atomic E-state index is 12.2. The minimum absolute atomic E-state index is 0.320. The Balaban J connectivity index is 1.48. The highest BCUT2D eigenvalue weighted by atomic mass is 16.2. The summed E-state index contributed by atoms with van der Waals surface area (Å²) in [4.78, 5) is 36.2. The van der Waals surface area contributed by atoms with Crippen LogP contribution in [0.4, 0.5) is 5.82 Å². The highest BCUT2D eigenvalue weighted by Crippen LogP contribution is 2.12. The number of piperazine rings is 1. The van der Waals surface area contributed by atoms with Crippen LogP contribution in [0.2, 0.25) is 0 Å². The maximum Gasteiger partial charge on any atom is 0.312 e. The molecule has 3 heterocycles. The molecular formula is C17H19N5O2. The third-order valence-electron chi connectivity index (χ3n) is 3.94. The van der Waals surface area contributed by atoms with Crippen molar-refractivity contribution in [3.8, 4) is 0 Å². The number of hydrogen-bond acceptors (Lipinski definition) is 5. The molecule has 2 aromatic heterocycles. The van der Waals surface area contributed by atoms with Crippen LogP contribution in [0.15, 0.2) is 48.9 Å². The van der Waals surface area contributed by atoms with Crippen LogP contribution < -0.4 is 10.2 Å². The zero-order valence-corrected chi connectivity index (χ0v) is 13.3. The van der Waals surface area contributed by atoms with E-state index in [9.17, 15) is 9.59 Å². The number of hydrogen-bond donors (Lipinski definition) is 1. The van der Waals surface area contributed by atoms with Gasteiger partial charge in [0.05, 0.1) is 0 Å². The second-order valence-corrected chi connectivity index (χ2v) is 5.51. The predicted molar refractivity (Wildman–Crippen MR) is 89.1 cm³/mol. The quantitative estimate of drug-likeness (QED) is 0.829. The summed E-state index contributed by atoms with van der Waals surface area (Å²) in [7, 11) is 0. The Morgan fingerprint density at radius 1 is 1.00 bits per heavy atom. The largest absolute Gasteiger partial charge is 0.353 e. The average Bonchev–Trinajstić information content (AvgIpc) is 2.67. The van der Waals surface area contributed by atoms with Crippen molar-refractivity contribution < 1.29 is 9.59 Å². The minimum Gasteiger partial charge on any atom is -0.353 e. The molecule has 0 aliphatic carbocycles. The van der Waals surface area contributed by atoms with Gasteiger partial charge in [-0.05, 0) is 29.8 Å². The summed E-state index contributed by atoms with van der Waals surface area (Å²) in [5.41, 5.74) is 0.908. The Kier molecular flexibility index (Phi) is 5.00. The van der Waals surface area contributed by atoms with Gasteiger partial charge in [0.15, 0.2) is 0 Å². The first kappa shape index (κ1) is 15.9. The summed E-state index contributed by atoms with van der Waals surface area (Å²) in [5.74, 6) is -0.158. The number of carbonyl (C=O) groups excluding carboxylic acids is 2. The van der Waals surface area contributed by atoms with Gasteiger partial charge in [-0.15, -0.1) is 0 Å². The van der Waals surface area contributed by atoms with E-state index in [0.717, 1.165) is 11.4 Å². The number of amides is 2. The first-order valence-corrected chi connectivity index (χ1v) is 7.86. The highest BCUT2D eigenvalue weighted by Gasteiger charge is 2.26. The molecule has 0 atom stereocenters. The fraction of sp³-hybridized carbons (Fsp3) is 0.294. The van der Waals surface area contributed by atoms with Gasteiger partial charge in [0.2, 0.25) is 0 Å². The maximum absolute atomic E-state index is 12.2. The molecule has 7 heteroatoms. The fourth-order valence-corrected chi connectivity index (χ4v) is 2.58. The van der Waals surface area contributed by atoms with Gasteiger partial charge in [0, 0.05) is 51.3 Å². The third-order valence-corrected chi connectivity index (χ3v) is 3.94. The zero-order chi connectivity index (χ0) is 16.8. The zero-order valence-electron chi connectivity index (χ0n) is 13.3. The highest BCUT2D eigenvalue weighted by molar-refractivity contribution is 6.35. The molecule has 1 fully saturated rings. The number of pyridine rings is 2. The first-order valence-electron chi connectivity index (χ1n) is 7.86. The van der Waals surface area contributed by atoms with Crippen LogP contribution in [0.5, 0.6) is 0 Å². The van der Waals surface area contributed by atoms with E-state index in [1.807, 2.05) is 18.2 Å². The molecule has 0 spiro atoms. The molecule has 2 aromatic rings. The molecular weight excluding hydrogens is 306 g/mol. The van der Waals surface area contributed by atoms with Crippen molar-refractivity contribution in [1.29, 1.82) is 0 Å². The lowest BCUT2D eigenvalue weighted by atomic mass is 10.2. The standard InChI is InChI=1S/C17H19N5O2/c23-16(20-13-14-4-7-18-8-5-14)17(24)22-11-9-21(10-12-22)15-3-1-2-6-19-15/h1-8H,9-13H2,(H,20,23). The summed E-state index contributed by atoms with van der Waals surface area (Å²) < 4.78 is 0. The normalized spacial score (nSPS) is 14.3. The third kappa shape index (κ3) is 3.87. The second kappa shape index (κ2) is 7.54. The first-order chi connectivity index (χ1) is 11.7. The lowest BCUT2D eigenvalue weighted by Gasteiger charge is -2.34. The van der Waals surface area contributed by atoms with Gasteiger partial charge in [-0.3, -0.25) is 14.6 Å². The monoisotopic (exact) mass is 325 g/mol. The van der Waals surface area contributed by atoms with Crippen LogP contribution >= 0.6 is 0 Å². The van der Waals surface area contributed by atoms with Crippen molar-refractivity contribution in [2.45, 2.75) is 6.54 Å². The molecule has 3 rings (SSSR count). The summed E-state index contributed by atoms with van der Waals surface area (Å²) in [6, 6.07) is 9.36. The molecule has 2 amide bonds. The van der Waals surface area contributed by atoms with Gasteiger partial charge in [-0.1, -0.05) is 6.07 Å². The van der Waals surface area contributed by atoms with E-state index in [2.05, 4.69) is 20.2 Å². The molecule has 7 nitrogen and oxygen atoms in total. The molecule has 0 unspecified atom stereocenters. The minimum atomic E-state index is -0.571. The van der Waals surface area contributed by atoms with E-state index < -0.39 is 11.8 Å². The molecule has 124 valence electrons. The smallest absolute Gasteiger partial charge is 0.312 e. The molecule has 1 saturated heterocycles. The molecule has 0 saturated carbocycles. The van der Waals surface area contributed by atoms with E-state index in [1.165, 1.54) is 0 Å². The molecule has 0 aromatic carbocycles. The molecule has 1 aliphatic heterocycles. The Hall–Kier alpha value is -2.96. The van der Waals surface area contributed by atoms with Crippen LogP contribution in [0, 0.1) is 0 Å². The molecule has 24 heavy (non-hydrogen) atoms. The molecule has 0 radical (unpaired) electrons. The van der Waals surface area contributed by atoms with Gasteiger partial charge in [0.25, 0.3) is 0 Å². The van der Waals surface area contributed by atoms with Crippen LogP contribution in [0.1, 0.15) is 5.56 Å². The fourth-order valence-electron chi connectivity index (χ4n) is 2.58. The van der Waals surface area contributed by atoms with Gasteiger partial charge >= 0.3 is 11.8 Å². The Morgan fingerprint density at radius 2 is 1.75 bits per heavy atom. The average molecular weight is 325 g/mol. The lowest BCUT2D eigenvalue weighted by molar-refractivity contribution is -0.146. The lowest BCUT2D eigenvalue weighted by Crippen LogP contribution is -2.52. The van der Waals surface area contributed by atoms with Crippen molar-refractivity contribution in [1.82, 2.24) is 20.2 Å². The van der Waals surface area contributed by atoms with E-state index in [4.69, 9.17) is 0 Å². The van der Waals surface area contributed by atoms with Crippen molar-refractivity contribution in [3.05, 3.63) is 54.5 Å². The summed E-state index contributed by atoms with van der Waals surface area (Å²) in [6.45, 7) is 2.68. The number of rotatable bonds is 3. The number of anilines is 1. The van der Waals surface area contributed by atoms with Gasteiger partial charge in [0.1, 0.15) is 5.82 Å². The van der Waals surface area contributed by atoms with E-state index in [1.54, 1.807) is 35.6 Å². The van der Waals surface area contributed by atoms with Crippen LogP contribution in [-0.4, -0.2) is 52.9 Å². The Labute approximate surface area is 140 Å². The predicted octanol–water partition coefficient (Wildman–Crippen LogP) is 0.442. The van der Waals surface area contributed by atoms with E-state index >= 15 is 0 Å². The second-order valence-electron chi connectivity index (χ2n) is 5.51. The Bertz CT molecular complexity index is 685. The van der Waals surface area contributed by atoms with Crippen LogP contribution in [-0.2, 0) is 16.1 Å². The summed E-state index contributed by atoms with van der Waals surface area (Å²) >= 11 is 0. The molecule has 1 N–H and O–H groups in total. The molecule has 1 aliphatic rings. The number of nitrogens with zero attached hydrogens (tertiary/aromatic N) is 4. The molecule has 0 bridgehead atoms.